The number of hydrogen-bond acceptors (Lipinski definition) is 3. The summed E-state index contributed by atoms with van der Waals surface area (Å²) in [6, 6.07) is 3.27. The van der Waals surface area contributed by atoms with Crippen LogP contribution in [-0.2, 0) is 9.63 Å². The van der Waals surface area contributed by atoms with Crippen LogP contribution in [0.4, 0.5) is 0 Å². The van der Waals surface area contributed by atoms with Gasteiger partial charge >= 0.3 is 5.97 Å². The summed E-state index contributed by atoms with van der Waals surface area (Å²) in [5.74, 6) is -0.896. The fourth-order valence-corrected chi connectivity index (χ4v) is 0.885. The maximum atomic E-state index is 11.2. The molecule has 1 aromatic heterocycles. The Kier molecular flexibility index (Phi) is 3.72. The third-order valence-electron chi connectivity index (χ3n) is 1.55. The van der Waals surface area contributed by atoms with Crippen LogP contribution in [0.2, 0.25) is 0 Å². The summed E-state index contributed by atoms with van der Waals surface area (Å²) in [7, 11) is 0. The molecule has 0 spiro atoms. The smallest absolute Gasteiger partial charge is 0.332 e. The Labute approximate surface area is 81.4 Å². The zero-order chi connectivity index (χ0) is 10.4. The molecule has 0 radical (unpaired) electrons. The number of rotatable bonds is 3. The summed E-state index contributed by atoms with van der Waals surface area (Å²) in [6.07, 6.45) is 2.60. The molecule has 76 valence electrons. The van der Waals surface area contributed by atoms with E-state index in [0.29, 0.717) is 18.5 Å². The topological polar surface area (TPSA) is 71.2 Å². The van der Waals surface area contributed by atoms with E-state index in [-0.39, 0.29) is 0 Å². The van der Waals surface area contributed by atoms with Crippen LogP contribution in [0, 0.1) is 0 Å². The van der Waals surface area contributed by atoms with Gasteiger partial charge in [-0.2, -0.15) is 5.48 Å². The monoisotopic (exact) mass is 196 g/mol. The first-order chi connectivity index (χ1) is 6.74. The average Bonchev–Trinajstić information content (AvgIpc) is 2.67. The molecule has 5 heteroatoms. The molecule has 2 N–H and O–H groups in total. The molecular weight excluding hydrogens is 184 g/mol. The quantitative estimate of drug-likeness (QED) is 0.708. The van der Waals surface area contributed by atoms with Crippen molar-refractivity contribution < 1.29 is 14.4 Å². The van der Waals surface area contributed by atoms with E-state index in [1.54, 1.807) is 18.3 Å². The van der Waals surface area contributed by atoms with Crippen LogP contribution in [0.15, 0.2) is 18.3 Å². The van der Waals surface area contributed by atoms with Crippen LogP contribution < -0.4 is 5.48 Å². The Balaban J connectivity index is 2.32. The fourth-order valence-electron chi connectivity index (χ4n) is 0.885. The lowest BCUT2D eigenvalue weighted by atomic mass is 10.3. The van der Waals surface area contributed by atoms with Gasteiger partial charge in [-0.05, 0) is 18.6 Å². The number of nitrogens with one attached hydrogen (secondary N) is 2. The van der Waals surface area contributed by atoms with E-state index >= 15 is 0 Å². The van der Waals surface area contributed by atoms with Crippen molar-refractivity contribution >= 4 is 11.9 Å². The molecule has 14 heavy (non-hydrogen) atoms. The van der Waals surface area contributed by atoms with Crippen LogP contribution in [0.1, 0.15) is 30.3 Å². The lowest BCUT2D eigenvalue weighted by molar-refractivity contribution is -0.149. The van der Waals surface area contributed by atoms with Gasteiger partial charge in [-0.25, -0.2) is 4.79 Å². The van der Waals surface area contributed by atoms with Crippen molar-refractivity contribution in [2.45, 2.75) is 19.8 Å². The minimum Gasteiger partial charge on any atom is -0.357 e. The van der Waals surface area contributed by atoms with E-state index < -0.39 is 11.9 Å². The van der Waals surface area contributed by atoms with Gasteiger partial charge in [0.2, 0.25) is 0 Å². The van der Waals surface area contributed by atoms with Crippen LogP contribution >= 0.6 is 0 Å². The molecule has 0 saturated carbocycles. The number of H-pyrrole nitrogens is 1. The van der Waals surface area contributed by atoms with Crippen molar-refractivity contribution in [1.29, 1.82) is 0 Å². The number of aromatic amines is 1. The molecule has 1 rings (SSSR count). The van der Waals surface area contributed by atoms with Crippen LogP contribution in [0.5, 0.6) is 0 Å². The first kappa shape index (κ1) is 10.3. The van der Waals surface area contributed by atoms with Gasteiger partial charge in [0.25, 0.3) is 5.91 Å². The molecule has 1 heterocycles. The summed E-state index contributed by atoms with van der Waals surface area (Å²) < 4.78 is 0. The lowest BCUT2D eigenvalue weighted by Gasteiger charge is -2.02. The molecule has 0 unspecified atom stereocenters. The molecule has 0 aromatic carbocycles. The Bertz CT molecular complexity index is 306. The molecule has 0 bridgehead atoms. The number of hydroxylamine groups is 1. The largest absolute Gasteiger partial charge is 0.357 e. The summed E-state index contributed by atoms with van der Waals surface area (Å²) in [4.78, 5) is 29.3. The Morgan fingerprint density at radius 2 is 2.36 bits per heavy atom. The second kappa shape index (κ2) is 5.06. The summed E-state index contributed by atoms with van der Waals surface area (Å²) >= 11 is 0. The number of hydrogen-bond donors (Lipinski definition) is 2. The highest BCUT2D eigenvalue weighted by molar-refractivity contribution is 5.92. The molecule has 1 amide bonds. The maximum Gasteiger partial charge on any atom is 0.332 e. The Morgan fingerprint density at radius 3 is 2.93 bits per heavy atom. The van der Waals surface area contributed by atoms with Gasteiger partial charge in [-0.1, -0.05) is 6.92 Å². The number of carbonyl (C=O) groups is 2. The van der Waals surface area contributed by atoms with E-state index in [0.717, 1.165) is 0 Å². The summed E-state index contributed by atoms with van der Waals surface area (Å²) in [6.45, 7) is 1.86. The second-order valence-electron chi connectivity index (χ2n) is 2.74. The number of aromatic nitrogens is 1. The predicted octanol–water partition coefficient (Wildman–Crippen LogP) is 1.00. The second-order valence-corrected chi connectivity index (χ2v) is 2.74. The maximum absolute atomic E-state index is 11.2. The first-order valence-corrected chi connectivity index (χ1v) is 4.37. The third kappa shape index (κ3) is 2.93. The zero-order valence-electron chi connectivity index (χ0n) is 7.87. The molecule has 5 nitrogen and oxygen atoms in total. The van der Waals surface area contributed by atoms with E-state index in [4.69, 9.17) is 0 Å². The van der Waals surface area contributed by atoms with Crippen LogP contribution in [-0.4, -0.2) is 16.9 Å². The molecule has 0 aliphatic carbocycles. The van der Waals surface area contributed by atoms with E-state index in [9.17, 15) is 9.59 Å². The normalized spacial score (nSPS) is 9.50. The number of carbonyl (C=O) groups excluding carboxylic acids is 2. The zero-order valence-corrected chi connectivity index (χ0v) is 7.87. The van der Waals surface area contributed by atoms with Gasteiger partial charge in [-0.3, -0.25) is 4.79 Å². The van der Waals surface area contributed by atoms with Gasteiger partial charge in [0.1, 0.15) is 5.69 Å². The molecule has 0 fully saturated rings. The predicted molar refractivity (Wildman–Crippen MR) is 49.3 cm³/mol. The van der Waals surface area contributed by atoms with Crippen LogP contribution in [0.3, 0.4) is 0 Å². The van der Waals surface area contributed by atoms with E-state index in [2.05, 4.69) is 9.82 Å². The minimum absolute atomic E-state index is 0.297. The van der Waals surface area contributed by atoms with Crippen LogP contribution in [0.25, 0.3) is 0 Å². The van der Waals surface area contributed by atoms with E-state index in [1.807, 2.05) is 12.4 Å². The van der Waals surface area contributed by atoms with E-state index in [1.165, 1.54) is 0 Å². The minimum atomic E-state index is -0.459. The molecule has 0 saturated heterocycles. The molecule has 0 atom stereocenters. The Hall–Kier alpha value is -1.78. The highest BCUT2D eigenvalue weighted by atomic mass is 16.7. The van der Waals surface area contributed by atoms with Crippen molar-refractivity contribution in [2.24, 2.45) is 0 Å². The van der Waals surface area contributed by atoms with Gasteiger partial charge in [0.05, 0.1) is 0 Å². The van der Waals surface area contributed by atoms with Crippen molar-refractivity contribution in [2.75, 3.05) is 0 Å². The Morgan fingerprint density at radius 1 is 1.57 bits per heavy atom. The SMILES string of the molecule is CCCC(=O)ONC(=O)c1ccc[nH]1. The number of amides is 1. The van der Waals surface area contributed by atoms with Gasteiger partial charge in [0, 0.05) is 12.6 Å². The van der Waals surface area contributed by atoms with Crippen molar-refractivity contribution in [1.82, 2.24) is 10.5 Å². The summed E-state index contributed by atoms with van der Waals surface area (Å²) in [5, 5.41) is 0. The highest BCUT2D eigenvalue weighted by Gasteiger charge is 2.08. The highest BCUT2D eigenvalue weighted by Crippen LogP contribution is 1.94. The fraction of sp³-hybridized carbons (Fsp3) is 0.333. The summed E-state index contributed by atoms with van der Waals surface area (Å²) in [5.41, 5.74) is 2.41. The standard InChI is InChI=1S/C9H12N2O3/c1-2-4-8(12)14-11-9(13)7-5-3-6-10-7/h3,5-6,10H,2,4H2,1H3,(H,11,13). The molecular formula is C9H12N2O3. The lowest BCUT2D eigenvalue weighted by Crippen LogP contribution is -2.27. The first-order valence-electron chi connectivity index (χ1n) is 4.37. The molecule has 0 aliphatic rings. The molecule has 0 aliphatic heterocycles. The van der Waals surface area contributed by atoms with Gasteiger partial charge in [0.15, 0.2) is 0 Å². The van der Waals surface area contributed by atoms with Gasteiger partial charge in [-0.15, -0.1) is 0 Å². The average molecular weight is 196 g/mol. The van der Waals surface area contributed by atoms with Gasteiger partial charge < -0.3 is 9.82 Å². The van der Waals surface area contributed by atoms with Crippen molar-refractivity contribution in [3.05, 3.63) is 24.0 Å². The molecule has 1 aromatic rings. The third-order valence-corrected chi connectivity index (χ3v) is 1.55. The van der Waals surface area contributed by atoms with Crippen molar-refractivity contribution in [3.8, 4) is 0 Å². The van der Waals surface area contributed by atoms with Crippen molar-refractivity contribution in [3.63, 3.8) is 0 Å².